The SMILES string of the molecule is CCc1c(C(=O)N=C(N)N)ccc(-c2ccccc2)c1S(C)(=O)=O. The summed E-state index contributed by atoms with van der Waals surface area (Å²) in [5.74, 6) is -1.02. The Balaban J connectivity index is 2.83. The first-order valence-corrected chi connectivity index (χ1v) is 9.20. The first kappa shape index (κ1) is 17.7. The Hall–Kier alpha value is -2.67. The lowest BCUT2D eigenvalue weighted by Crippen LogP contribution is -2.24. The number of aliphatic imine (C=N–C) groups is 1. The predicted octanol–water partition coefficient (Wildman–Crippen LogP) is 1.73. The molecular formula is C17H19N3O3S. The third-order valence-electron chi connectivity index (χ3n) is 3.53. The van der Waals surface area contributed by atoms with Crippen LogP contribution in [0.3, 0.4) is 0 Å². The van der Waals surface area contributed by atoms with Gasteiger partial charge in [-0.05, 0) is 23.6 Å². The van der Waals surface area contributed by atoms with E-state index in [9.17, 15) is 13.2 Å². The van der Waals surface area contributed by atoms with Crippen molar-refractivity contribution in [2.75, 3.05) is 6.26 Å². The van der Waals surface area contributed by atoms with Gasteiger partial charge in [-0.15, -0.1) is 0 Å². The summed E-state index contributed by atoms with van der Waals surface area (Å²) in [7, 11) is -3.57. The third kappa shape index (κ3) is 3.62. The number of sulfone groups is 1. The summed E-state index contributed by atoms with van der Waals surface area (Å²) >= 11 is 0. The van der Waals surface area contributed by atoms with Crippen LogP contribution in [0, 0.1) is 0 Å². The van der Waals surface area contributed by atoms with Gasteiger partial charge in [0.2, 0.25) is 0 Å². The number of benzene rings is 2. The van der Waals surface area contributed by atoms with Gasteiger partial charge in [0.25, 0.3) is 5.91 Å². The van der Waals surface area contributed by atoms with Crippen molar-refractivity contribution in [2.24, 2.45) is 16.5 Å². The van der Waals surface area contributed by atoms with Crippen molar-refractivity contribution in [2.45, 2.75) is 18.2 Å². The maximum Gasteiger partial charge on any atom is 0.280 e. The average Bonchev–Trinajstić information content (AvgIpc) is 2.52. The highest BCUT2D eigenvalue weighted by atomic mass is 32.2. The smallest absolute Gasteiger partial charge is 0.280 e. The van der Waals surface area contributed by atoms with Crippen LogP contribution in [-0.2, 0) is 16.3 Å². The number of carbonyl (C=O) groups is 1. The molecule has 0 radical (unpaired) electrons. The lowest BCUT2D eigenvalue weighted by Gasteiger charge is -2.15. The Morgan fingerprint density at radius 1 is 1.08 bits per heavy atom. The maximum absolute atomic E-state index is 12.4. The van der Waals surface area contributed by atoms with Crippen molar-refractivity contribution >= 4 is 21.7 Å². The van der Waals surface area contributed by atoms with Crippen LogP contribution in [0.4, 0.5) is 0 Å². The van der Waals surface area contributed by atoms with Crippen molar-refractivity contribution in [3.63, 3.8) is 0 Å². The quantitative estimate of drug-likeness (QED) is 0.647. The highest BCUT2D eigenvalue weighted by molar-refractivity contribution is 7.91. The predicted molar refractivity (Wildman–Crippen MR) is 94.5 cm³/mol. The van der Waals surface area contributed by atoms with Gasteiger partial charge < -0.3 is 11.5 Å². The van der Waals surface area contributed by atoms with Crippen molar-refractivity contribution in [3.05, 3.63) is 53.6 Å². The second kappa shape index (κ2) is 6.84. The molecule has 126 valence electrons. The average molecular weight is 345 g/mol. The number of guanidine groups is 1. The van der Waals surface area contributed by atoms with Crippen LogP contribution in [0.2, 0.25) is 0 Å². The molecule has 1 amide bonds. The minimum absolute atomic E-state index is 0.132. The molecule has 24 heavy (non-hydrogen) atoms. The summed E-state index contributed by atoms with van der Waals surface area (Å²) < 4.78 is 24.8. The summed E-state index contributed by atoms with van der Waals surface area (Å²) in [4.78, 5) is 15.9. The highest BCUT2D eigenvalue weighted by Crippen LogP contribution is 2.33. The summed E-state index contributed by atoms with van der Waals surface area (Å²) in [6.07, 6.45) is 1.48. The Kier molecular flexibility index (Phi) is 5.04. The number of nitrogens with two attached hydrogens (primary N) is 2. The minimum Gasteiger partial charge on any atom is -0.370 e. The molecule has 6 nitrogen and oxygen atoms in total. The molecule has 0 heterocycles. The molecule has 0 unspecified atom stereocenters. The van der Waals surface area contributed by atoms with Gasteiger partial charge in [-0.1, -0.05) is 43.3 Å². The third-order valence-corrected chi connectivity index (χ3v) is 4.74. The van der Waals surface area contributed by atoms with Crippen LogP contribution in [0.5, 0.6) is 0 Å². The fourth-order valence-corrected chi connectivity index (χ4v) is 3.91. The lowest BCUT2D eigenvalue weighted by atomic mass is 9.97. The molecule has 0 fully saturated rings. The Labute approximate surface area is 141 Å². The second-order valence-electron chi connectivity index (χ2n) is 5.30. The van der Waals surface area contributed by atoms with Gasteiger partial charge in [0.1, 0.15) is 0 Å². The van der Waals surface area contributed by atoms with E-state index >= 15 is 0 Å². The molecule has 0 bridgehead atoms. The van der Waals surface area contributed by atoms with Crippen LogP contribution in [0.1, 0.15) is 22.8 Å². The fourth-order valence-electron chi connectivity index (χ4n) is 2.63. The number of hydrogen-bond acceptors (Lipinski definition) is 3. The molecular weight excluding hydrogens is 326 g/mol. The summed E-state index contributed by atoms with van der Waals surface area (Å²) in [6.45, 7) is 1.78. The van der Waals surface area contributed by atoms with Gasteiger partial charge >= 0.3 is 0 Å². The van der Waals surface area contributed by atoms with Crippen molar-refractivity contribution in [1.29, 1.82) is 0 Å². The van der Waals surface area contributed by atoms with Crippen molar-refractivity contribution in [1.82, 2.24) is 0 Å². The molecule has 0 saturated heterocycles. The normalized spacial score (nSPS) is 11.1. The summed E-state index contributed by atoms with van der Waals surface area (Å²) in [5.41, 5.74) is 12.4. The van der Waals surface area contributed by atoms with Gasteiger partial charge in [0, 0.05) is 17.4 Å². The molecule has 7 heteroatoms. The lowest BCUT2D eigenvalue weighted by molar-refractivity contribution is 0.100. The van der Waals surface area contributed by atoms with Crippen LogP contribution >= 0.6 is 0 Å². The molecule has 0 aromatic heterocycles. The van der Waals surface area contributed by atoms with Gasteiger partial charge in [-0.3, -0.25) is 4.79 Å². The molecule has 0 aliphatic heterocycles. The molecule has 0 saturated carbocycles. The summed E-state index contributed by atoms with van der Waals surface area (Å²) in [5, 5.41) is 0. The van der Waals surface area contributed by atoms with E-state index in [1.54, 1.807) is 19.1 Å². The van der Waals surface area contributed by atoms with E-state index in [2.05, 4.69) is 4.99 Å². The molecule has 4 N–H and O–H groups in total. The summed E-state index contributed by atoms with van der Waals surface area (Å²) in [6, 6.07) is 12.3. The molecule has 0 aliphatic carbocycles. The van der Waals surface area contributed by atoms with E-state index in [1.165, 1.54) is 0 Å². The van der Waals surface area contributed by atoms with E-state index in [1.807, 2.05) is 30.3 Å². The minimum atomic E-state index is -3.57. The van der Waals surface area contributed by atoms with Gasteiger partial charge in [0.05, 0.1) is 4.90 Å². The van der Waals surface area contributed by atoms with E-state index < -0.39 is 15.7 Å². The molecule has 0 spiro atoms. The zero-order valence-electron chi connectivity index (χ0n) is 13.5. The van der Waals surface area contributed by atoms with Gasteiger partial charge in [-0.2, -0.15) is 4.99 Å². The molecule has 0 atom stereocenters. The Morgan fingerprint density at radius 2 is 1.71 bits per heavy atom. The van der Waals surface area contributed by atoms with E-state index in [4.69, 9.17) is 11.5 Å². The van der Waals surface area contributed by atoms with Crippen LogP contribution in [-0.4, -0.2) is 26.5 Å². The van der Waals surface area contributed by atoms with Crippen LogP contribution in [0.15, 0.2) is 52.4 Å². The monoisotopic (exact) mass is 345 g/mol. The van der Waals surface area contributed by atoms with Crippen LogP contribution < -0.4 is 11.5 Å². The topological polar surface area (TPSA) is 116 Å². The second-order valence-corrected chi connectivity index (χ2v) is 7.25. The Bertz CT molecular complexity index is 900. The Morgan fingerprint density at radius 3 is 2.21 bits per heavy atom. The number of hydrogen-bond donors (Lipinski definition) is 2. The zero-order chi connectivity index (χ0) is 17.9. The standard InChI is InChI=1S/C17H19N3O3S/c1-3-12-14(16(21)20-17(18)19)10-9-13(15(12)24(2,22)23)11-7-5-4-6-8-11/h4-10H,3H2,1-2H3,(H4,18,19,20,21). The van der Waals surface area contributed by atoms with E-state index in [0.29, 0.717) is 17.5 Å². The van der Waals surface area contributed by atoms with Crippen molar-refractivity contribution < 1.29 is 13.2 Å². The molecule has 0 aliphatic rings. The molecule has 2 rings (SSSR count). The van der Waals surface area contributed by atoms with E-state index in [0.717, 1.165) is 11.8 Å². The van der Waals surface area contributed by atoms with Gasteiger partial charge in [-0.25, -0.2) is 8.42 Å². The maximum atomic E-state index is 12.4. The molecule has 2 aromatic rings. The zero-order valence-corrected chi connectivity index (χ0v) is 14.3. The largest absolute Gasteiger partial charge is 0.370 e. The van der Waals surface area contributed by atoms with Crippen molar-refractivity contribution in [3.8, 4) is 11.1 Å². The van der Waals surface area contributed by atoms with Crippen LogP contribution in [0.25, 0.3) is 11.1 Å². The number of rotatable bonds is 4. The highest BCUT2D eigenvalue weighted by Gasteiger charge is 2.23. The fraction of sp³-hybridized carbons (Fsp3) is 0.176. The van der Waals surface area contributed by atoms with Gasteiger partial charge in [0.15, 0.2) is 15.8 Å². The first-order chi connectivity index (χ1) is 11.3. The molecule has 2 aromatic carbocycles. The number of carbonyl (C=O) groups excluding carboxylic acids is 1. The number of nitrogens with zero attached hydrogens (tertiary/aromatic N) is 1. The van der Waals surface area contributed by atoms with E-state index in [-0.39, 0.29) is 16.4 Å². The number of amides is 1. The first-order valence-electron chi connectivity index (χ1n) is 7.31.